The Morgan fingerprint density at radius 3 is 3.00 bits per heavy atom. The summed E-state index contributed by atoms with van der Waals surface area (Å²) in [4.78, 5) is 11.2. The van der Waals surface area contributed by atoms with Crippen LogP contribution in [0.1, 0.15) is 15.9 Å². The molecule has 0 saturated heterocycles. The second kappa shape index (κ2) is 2.66. The quantitative estimate of drug-likeness (QED) is 0.624. The third kappa shape index (κ3) is 1.08. The van der Waals surface area contributed by atoms with E-state index < -0.39 is 0 Å². The van der Waals surface area contributed by atoms with Crippen LogP contribution in [0.5, 0.6) is 0 Å². The molecule has 0 aromatic heterocycles. The molecule has 1 aliphatic rings. The molecular formula is C9H6BrFO. The van der Waals surface area contributed by atoms with Crippen molar-refractivity contribution in [2.75, 3.05) is 0 Å². The molecule has 0 aliphatic heterocycles. The Hall–Kier alpha value is -0.700. The van der Waals surface area contributed by atoms with Gasteiger partial charge in [-0.15, -0.1) is 0 Å². The zero-order chi connectivity index (χ0) is 8.72. The van der Waals surface area contributed by atoms with Gasteiger partial charge in [-0.25, -0.2) is 4.39 Å². The highest BCUT2D eigenvalue weighted by atomic mass is 79.9. The van der Waals surface area contributed by atoms with E-state index in [0.29, 0.717) is 12.0 Å². The van der Waals surface area contributed by atoms with Gasteiger partial charge < -0.3 is 0 Å². The fourth-order valence-electron chi connectivity index (χ4n) is 1.43. The lowest BCUT2D eigenvalue weighted by atomic mass is 10.1. The average Bonchev–Trinajstić information content (AvgIpc) is 2.28. The average molecular weight is 229 g/mol. The van der Waals surface area contributed by atoms with E-state index in [-0.39, 0.29) is 16.4 Å². The van der Waals surface area contributed by atoms with E-state index in [9.17, 15) is 9.18 Å². The Kier molecular flexibility index (Phi) is 1.76. The van der Waals surface area contributed by atoms with Crippen LogP contribution in [0.4, 0.5) is 4.39 Å². The lowest BCUT2D eigenvalue weighted by Gasteiger charge is -1.94. The first-order chi connectivity index (χ1) is 5.68. The minimum atomic E-state index is -0.275. The van der Waals surface area contributed by atoms with E-state index in [1.165, 1.54) is 12.1 Å². The maximum absolute atomic E-state index is 12.7. The minimum absolute atomic E-state index is 0.0602. The number of hydrogen-bond donors (Lipinski definition) is 0. The van der Waals surface area contributed by atoms with E-state index >= 15 is 0 Å². The van der Waals surface area contributed by atoms with Gasteiger partial charge >= 0.3 is 0 Å². The third-order valence-electron chi connectivity index (χ3n) is 2.02. The van der Waals surface area contributed by atoms with Crippen LogP contribution in [0, 0.1) is 5.82 Å². The fourth-order valence-corrected chi connectivity index (χ4v) is 2.02. The largest absolute Gasteiger partial charge is 0.293 e. The molecule has 0 amide bonds. The van der Waals surface area contributed by atoms with Crippen molar-refractivity contribution in [3.05, 3.63) is 35.1 Å². The van der Waals surface area contributed by atoms with Crippen LogP contribution in [-0.2, 0) is 6.42 Å². The Morgan fingerprint density at radius 2 is 2.25 bits per heavy atom. The zero-order valence-corrected chi connectivity index (χ0v) is 7.77. The molecule has 1 aliphatic carbocycles. The number of halogens is 2. The number of ketones is 1. The monoisotopic (exact) mass is 228 g/mol. The van der Waals surface area contributed by atoms with Gasteiger partial charge in [-0.2, -0.15) is 0 Å². The Morgan fingerprint density at radius 1 is 1.50 bits per heavy atom. The normalized spacial score (nSPS) is 21.2. The number of alkyl halides is 1. The summed E-state index contributed by atoms with van der Waals surface area (Å²) >= 11 is 3.24. The Balaban J connectivity index is 2.54. The second-order valence-corrected chi connectivity index (χ2v) is 3.94. The van der Waals surface area contributed by atoms with Crippen LogP contribution >= 0.6 is 15.9 Å². The van der Waals surface area contributed by atoms with E-state index in [1.54, 1.807) is 6.07 Å². The molecule has 0 spiro atoms. The standard InChI is InChI=1S/C9H6BrFO/c10-8-4-5-3-6(11)1-2-7(5)9(8)12/h1-3,8H,4H2/t8-/m1/s1. The zero-order valence-electron chi connectivity index (χ0n) is 6.18. The number of hydrogen-bond acceptors (Lipinski definition) is 1. The molecule has 0 unspecified atom stereocenters. The van der Waals surface area contributed by atoms with E-state index in [1.807, 2.05) is 0 Å². The van der Waals surface area contributed by atoms with Gasteiger partial charge in [0.05, 0.1) is 4.83 Å². The first-order valence-electron chi connectivity index (χ1n) is 3.65. The molecule has 2 rings (SSSR count). The van der Waals surface area contributed by atoms with Crippen LogP contribution < -0.4 is 0 Å². The van der Waals surface area contributed by atoms with Crippen molar-refractivity contribution < 1.29 is 9.18 Å². The van der Waals surface area contributed by atoms with Crippen molar-refractivity contribution in [1.29, 1.82) is 0 Å². The van der Waals surface area contributed by atoms with Gasteiger partial charge in [0.15, 0.2) is 5.78 Å². The topological polar surface area (TPSA) is 17.1 Å². The molecule has 0 N–H and O–H groups in total. The number of benzene rings is 1. The summed E-state index contributed by atoms with van der Waals surface area (Å²) < 4.78 is 12.7. The van der Waals surface area contributed by atoms with Crippen LogP contribution in [0.25, 0.3) is 0 Å². The highest BCUT2D eigenvalue weighted by Crippen LogP contribution is 2.27. The number of Topliss-reactive ketones (excluding diaryl/α,β-unsaturated/α-hetero) is 1. The highest BCUT2D eigenvalue weighted by molar-refractivity contribution is 9.10. The second-order valence-electron chi connectivity index (χ2n) is 2.84. The number of fused-ring (bicyclic) bond motifs is 1. The SMILES string of the molecule is O=C1c2ccc(F)cc2C[C@H]1Br. The predicted molar refractivity (Wildman–Crippen MR) is 47.1 cm³/mol. The molecule has 0 fully saturated rings. The fraction of sp³-hybridized carbons (Fsp3) is 0.222. The summed E-state index contributed by atoms with van der Waals surface area (Å²) in [5.41, 5.74) is 1.46. The van der Waals surface area contributed by atoms with E-state index in [0.717, 1.165) is 5.56 Å². The first kappa shape index (κ1) is 7.92. The maximum Gasteiger partial charge on any atom is 0.177 e. The van der Waals surface area contributed by atoms with Gasteiger partial charge in [0.25, 0.3) is 0 Å². The molecule has 1 aromatic rings. The number of carbonyl (C=O) groups excluding carboxylic acids is 1. The maximum atomic E-state index is 12.7. The summed E-state index contributed by atoms with van der Waals surface area (Å²) in [5.74, 6) is -0.215. The third-order valence-corrected chi connectivity index (χ3v) is 2.76. The van der Waals surface area contributed by atoms with Crippen molar-refractivity contribution in [1.82, 2.24) is 0 Å². The predicted octanol–water partition coefficient (Wildman–Crippen LogP) is 2.33. The van der Waals surface area contributed by atoms with Crippen molar-refractivity contribution >= 4 is 21.7 Å². The summed E-state index contributed by atoms with van der Waals surface area (Å²) in [6.07, 6.45) is 0.603. The van der Waals surface area contributed by atoms with Gasteiger partial charge in [-0.05, 0) is 30.2 Å². The summed E-state index contributed by atoms with van der Waals surface area (Å²) in [5, 5.41) is 0. The summed E-state index contributed by atoms with van der Waals surface area (Å²) in [6, 6.07) is 4.30. The molecule has 0 saturated carbocycles. The highest BCUT2D eigenvalue weighted by Gasteiger charge is 2.28. The van der Waals surface area contributed by atoms with E-state index in [4.69, 9.17) is 0 Å². The van der Waals surface area contributed by atoms with Crippen LogP contribution in [0.2, 0.25) is 0 Å². The molecule has 0 radical (unpaired) electrons. The molecule has 3 heteroatoms. The van der Waals surface area contributed by atoms with Gasteiger partial charge in [0.2, 0.25) is 0 Å². The van der Waals surface area contributed by atoms with Gasteiger partial charge in [-0.3, -0.25) is 4.79 Å². The Labute approximate surface area is 77.7 Å². The van der Waals surface area contributed by atoms with Crippen molar-refractivity contribution in [3.8, 4) is 0 Å². The minimum Gasteiger partial charge on any atom is -0.293 e. The molecule has 0 bridgehead atoms. The molecule has 0 heterocycles. The van der Waals surface area contributed by atoms with Crippen molar-refractivity contribution in [2.45, 2.75) is 11.2 Å². The molecule has 1 aromatic carbocycles. The lowest BCUT2D eigenvalue weighted by molar-refractivity contribution is 0.100. The number of carbonyl (C=O) groups is 1. The first-order valence-corrected chi connectivity index (χ1v) is 4.57. The molecule has 12 heavy (non-hydrogen) atoms. The van der Waals surface area contributed by atoms with Crippen LogP contribution in [0.15, 0.2) is 18.2 Å². The lowest BCUT2D eigenvalue weighted by Crippen LogP contribution is -2.05. The van der Waals surface area contributed by atoms with Crippen LogP contribution in [0.3, 0.4) is 0 Å². The summed E-state index contributed by atoms with van der Waals surface area (Å²) in [7, 11) is 0. The van der Waals surface area contributed by atoms with Crippen LogP contribution in [-0.4, -0.2) is 10.6 Å². The van der Waals surface area contributed by atoms with Gasteiger partial charge in [0.1, 0.15) is 5.82 Å². The number of rotatable bonds is 0. The Bertz CT molecular complexity index is 348. The van der Waals surface area contributed by atoms with Gasteiger partial charge in [-0.1, -0.05) is 15.9 Å². The van der Waals surface area contributed by atoms with Crippen molar-refractivity contribution in [2.24, 2.45) is 0 Å². The molecule has 1 atom stereocenters. The molecule has 1 nitrogen and oxygen atoms in total. The molecule has 62 valence electrons. The summed E-state index contributed by atoms with van der Waals surface area (Å²) in [6.45, 7) is 0. The van der Waals surface area contributed by atoms with Gasteiger partial charge in [0, 0.05) is 5.56 Å². The van der Waals surface area contributed by atoms with Crippen molar-refractivity contribution in [3.63, 3.8) is 0 Å². The smallest absolute Gasteiger partial charge is 0.177 e. The van der Waals surface area contributed by atoms with E-state index in [2.05, 4.69) is 15.9 Å². The molecular weight excluding hydrogens is 223 g/mol.